The molecular formula is C17H16ClN3O4. The van der Waals surface area contributed by atoms with Crippen molar-refractivity contribution >= 4 is 35.3 Å². The van der Waals surface area contributed by atoms with Crippen molar-refractivity contribution < 1.29 is 19.4 Å². The lowest BCUT2D eigenvalue weighted by Crippen LogP contribution is -2.32. The third-order valence-electron chi connectivity index (χ3n) is 2.95. The maximum Gasteiger partial charge on any atom is 0.329 e. The minimum atomic E-state index is -0.931. The van der Waals surface area contributed by atoms with Gasteiger partial charge in [0.05, 0.1) is 12.8 Å². The predicted octanol–water partition coefficient (Wildman–Crippen LogP) is 2.53. The van der Waals surface area contributed by atoms with Crippen LogP contribution in [0, 0.1) is 0 Å². The number of halogens is 1. The van der Waals surface area contributed by atoms with Crippen LogP contribution in [0.15, 0.2) is 47.6 Å². The summed E-state index contributed by atoms with van der Waals surface area (Å²) in [6.07, 6.45) is 1.33. The van der Waals surface area contributed by atoms with E-state index in [1.807, 2.05) is 0 Å². The van der Waals surface area contributed by atoms with Crippen molar-refractivity contribution in [3.8, 4) is 11.5 Å². The molecule has 0 aliphatic rings. The van der Waals surface area contributed by atoms with Crippen LogP contribution in [0.25, 0.3) is 0 Å². The fourth-order valence-electron chi connectivity index (χ4n) is 1.85. The van der Waals surface area contributed by atoms with Gasteiger partial charge in [-0.05, 0) is 48.9 Å². The number of hydrazone groups is 1. The minimum Gasteiger partial charge on any atom is -0.504 e. The molecule has 0 unspecified atom stereocenters. The number of anilines is 1. The zero-order valence-electron chi connectivity index (χ0n) is 13.3. The number of phenolic OH excluding ortho intramolecular Hbond substituents is 1. The molecule has 0 atom stereocenters. The Bertz CT molecular complexity index is 808. The molecule has 2 aromatic carbocycles. The fourth-order valence-corrected chi connectivity index (χ4v) is 2.04. The molecule has 25 heavy (non-hydrogen) atoms. The van der Waals surface area contributed by atoms with E-state index in [9.17, 15) is 14.7 Å². The van der Waals surface area contributed by atoms with Crippen LogP contribution in [0.1, 0.15) is 12.5 Å². The summed E-state index contributed by atoms with van der Waals surface area (Å²) in [5, 5.41) is 16.2. The van der Waals surface area contributed by atoms with E-state index in [4.69, 9.17) is 16.3 Å². The van der Waals surface area contributed by atoms with Gasteiger partial charge in [-0.15, -0.1) is 0 Å². The second kappa shape index (κ2) is 8.70. The number of benzene rings is 2. The SMILES string of the molecule is CCOc1cc(/C=N\NC(=O)C(=O)Nc2cccc(Cl)c2)ccc1O. The van der Waals surface area contributed by atoms with Crippen LogP contribution in [0.3, 0.4) is 0 Å². The van der Waals surface area contributed by atoms with E-state index >= 15 is 0 Å². The average molecular weight is 362 g/mol. The number of carbonyl (C=O) groups excluding carboxylic acids is 2. The maximum absolute atomic E-state index is 11.8. The van der Waals surface area contributed by atoms with Crippen LogP contribution in [-0.4, -0.2) is 29.7 Å². The van der Waals surface area contributed by atoms with E-state index in [-0.39, 0.29) is 5.75 Å². The minimum absolute atomic E-state index is 0.00364. The first-order valence-corrected chi connectivity index (χ1v) is 7.73. The monoisotopic (exact) mass is 361 g/mol. The van der Waals surface area contributed by atoms with Crippen LogP contribution in [0.2, 0.25) is 5.02 Å². The van der Waals surface area contributed by atoms with Crippen molar-refractivity contribution in [2.45, 2.75) is 6.92 Å². The van der Waals surface area contributed by atoms with Gasteiger partial charge >= 0.3 is 11.8 Å². The summed E-state index contributed by atoms with van der Waals surface area (Å²) >= 11 is 5.80. The van der Waals surface area contributed by atoms with Gasteiger partial charge in [-0.2, -0.15) is 5.10 Å². The molecule has 0 fully saturated rings. The second-order valence-electron chi connectivity index (χ2n) is 4.82. The molecule has 0 aliphatic carbocycles. The first-order chi connectivity index (χ1) is 12.0. The average Bonchev–Trinajstić information content (AvgIpc) is 2.58. The molecule has 2 rings (SSSR count). The molecular weight excluding hydrogens is 346 g/mol. The number of nitrogens with one attached hydrogen (secondary N) is 2. The van der Waals surface area contributed by atoms with Crippen LogP contribution in [0.4, 0.5) is 5.69 Å². The first-order valence-electron chi connectivity index (χ1n) is 7.35. The highest BCUT2D eigenvalue weighted by atomic mass is 35.5. The number of nitrogens with zero attached hydrogens (tertiary/aromatic N) is 1. The van der Waals surface area contributed by atoms with Crippen LogP contribution >= 0.6 is 11.6 Å². The molecule has 2 amide bonds. The molecule has 0 aromatic heterocycles. The van der Waals surface area contributed by atoms with Crippen LogP contribution in [-0.2, 0) is 9.59 Å². The molecule has 8 heteroatoms. The van der Waals surface area contributed by atoms with Crippen LogP contribution in [0.5, 0.6) is 11.5 Å². The van der Waals surface area contributed by atoms with Crippen LogP contribution < -0.4 is 15.5 Å². The second-order valence-corrected chi connectivity index (χ2v) is 5.26. The third kappa shape index (κ3) is 5.50. The van der Waals surface area contributed by atoms with Gasteiger partial charge in [0.2, 0.25) is 0 Å². The molecule has 0 saturated heterocycles. The Kier molecular flexibility index (Phi) is 6.36. The molecule has 0 aliphatic heterocycles. The van der Waals surface area contributed by atoms with Gasteiger partial charge in [-0.25, -0.2) is 5.43 Å². The van der Waals surface area contributed by atoms with Gasteiger partial charge in [-0.3, -0.25) is 9.59 Å². The van der Waals surface area contributed by atoms with Crippen molar-refractivity contribution in [2.24, 2.45) is 5.10 Å². The van der Waals surface area contributed by atoms with Crippen molar-refractivity contribution in [2.75, 3.05) is 11.9 Å². The third-order valence-corrected chi connectivity index (χ3v) is 3.19. The molecule has 0 radical (unpaired) electrons. The standard InChI is InChI=1S/C17H16ClN3O4/c1-2-25-15-8-11(6-7-14(15)22)10-19-21-17(24)16(23)20-13-5-3-4-12(18)9-13/h3-10,22H,2H2,1H3,(H,20,23)(H,21,24)/b19-10-. The lowest BCUT2D eigenvalue weighted by atomic mass is 10.2. The Labute approximate surface area is 149 Å². The van der Waals surface area contributed by atoms with Crippen molar-refractivity contribution in [3.63, 3.8) is 0 Å². The summed E-state index contributed by atoms with van der Waals surface area (Å²) in [5.41, 5.74) is 3.09. The highest BCUT2D eigenvalue weighted by molar-refractivity contribution is 6.39. The van der Waals surface area contributed by atoms with E-state index in [2.05, 4.69) is 15.8 Å². The molecule has 0 spiro atoms. The number of aromatic hydroxyl groups is 1. The maximum atomic E-state index is 11.8. The van der Waals surface area contributed by atoms with E-state index in [1.54, 1.807) is 37.3 Å². The Morgan fingerprint density at radius 1 is 1.24 bits per heavy atom. The van der Waals surface area contributed by atoms with Crippen molar-refractivity contribution in [3.05, 3.63) is 53.1 Å². The summed E-state index contributed by atoms with van der Waals surface area (Å²) in [6, 6.07) is 11.0. The molecule has 0 bridgehead atoms. The summed E-state index contributed by atoms with van der Waals surface area (Å²) in [4.78, 5) is 23.5. The topological polar surface area (TPSA) is 100 Å². The summed E-state index contributed by atoms with van der Waals surface area (Å²) in [5.74, 6) is -1.50. The normalized spacial score (nSPS) is 10.5. The number of ether oxygens (including phenoxy) is 1. The Morgan fingerprint density at radius 2 is 2.04 bits per heavy atom. The van der Waals surface area contributed by atoms with Gasteiger partial charge in [0.1, 0.15) is 0 Å². The van der Waals surface area contributed by atoms with E-state index in [1.165, 1.54) is 18.3 Å². The van der Waals surface area contributed by atoms with Crippen molar-refractivity contribution in [1.82, 2.24) is 5.43 Å². The summed E-state index contributed by atoms with van der Waals surface area (Å²) < 4.78 is 5.25. The van der Waals surface area contributed by atoms with E-state index < -0.39 is 11.8 Å². The highest BCUT2D eigenvalue weighted by Gasteiger charge is 2.12. The molecule has 0 heterocycles. The number of phenols is 1. The Morgan fingerprint density at radius 3 is 2.76 bits per heavy atom. The lowest BCUT2D eigenvalue weighted by Gasteiger charge is -2.06. The lowest BCUT2D eigenvalue weighted by molar-refractivity contribution is -0.136. The number of amides is 2. The number of hydrogen-bond donors (Lipinski definition) is 3. The molecule has 0 saturated carbocycles. The quantitative estimate of drug-likeness (QED) is 0.433. The molecule has 7 nitrogen and oxygen atoms in total. The predicted molar refractivity (Wildman–Crippen MR) is 95.1 cm³/mol. The largest absolute Gasteiger partial charge is 0.504 e. The van der Waals surface area contributed by atoms with Gasteiger partial charge in [-0.1, -0.05) is 17.7 Å². The zero-order valence-corrected chi connectivity index (χ0v) is 14.1. The molecule has 3 N–H and O–H groups in total. The van der Waals surface area contributed by atoms with Gasteiger partial charge < -0.3 is 15.2 Å². The Balaban J connectivity index is 1.93. The van der Waals surface area contributed by atoms with Gasteiger partial charge in [0.25, 0.3) is 0 Å². The van der Waals surface area contributed by atoms with Gasteiger partial charge in [0, 0.05) is 10.7 Å². The number of carbonyl (C=O) groups is 2. The Hall–Kier alpha value is -3.06. The smallest absolute Gasteiger partial charge is 0.329 e. The molecule has 130 valence electrons. The number of hydrogen-bond acceptors (Lipinski definition) is 5. The van der Waals surface area contributed by atoms with Crippen molar-refractivity contribution in [1.29, 1.82) is 0 Å². The zero-order chi connectivity index (χ0) is 18.2. The molecule has 2 aromatic rings. The first kappa shape index (κ1) is 18.3. The van der Waals surface area contributed by atoms with E-state index in [0.29, 0.717) is 28.6 Å². The summed E-state index contributed by atoms with van der Waals surface area (Å²) in [6.45, 7) is 2.19. The highest BCUT2D eigenvalue weighted by Crippen LogP contribution is 2.26. The summed E-state index contributed by atoms with van der Waals surface area (Å²) in [7, 11) is 0. The fraction of sp³-hybridized carbons (Fsp3) is 0.118. The van der Waals surface area contributed by atoms with E-state index in [0.717, 1.165) is 0 Å². The van der Waals surface area contributed by atoms with Gasteiger partial charge in [0.15, 0.2) is 11.5 Å². The number of rotatable bonds is 5.